The first-order valence-electron chi connectivity index (χ1n) is 11.7. The average Bonchev–Trinajstić information content (AvgIpc) is 3.10. The van der Waals surface area contributed by atoms with Gasteiger partial charge in [-0.2, -0.15) is 0 Å². The molecule has 1 aliphatic heterocycles. The summed E-state index contributed by atoms with van der Waals surface area (Å²) in [5, 5.41) is 1.22. The highest BCUT2D eigenvalue weighted by Crippen LogP contribution is 2.25. The van der Waals surface area contributed by atoms with E-state index in [0.29, 0.717) is 6.54 Å². The molecule has 3 aromatic rings. The largest absolute Gasteiger partial charge is 0.492 e. The van der Waals surface area contributed by atoms with Gasteiger partial charge in [0.15, 0.2) is 0 Å². The van der Waals surface area contributed by atoms with Crippen molar-refractivity contribution in [1.29, 1.82) is 0 Å². The van der Waals surface area contributed by atoms with Crippen LogP contribution in [0.3, 0.4) is 0 Å². The molecule has 2 heterocycles. The Bertz CT molecular complexity index is 1050. The van der Waals surface area contributed by atoms with E-state index >= 15 is 0 Å². The molecule has 0 saturated carbocycles. The molecule has 0 unspecified atom stereocenters. The molecule has 5 heteroatoms. The Balaban J connectivity index is 0.00000306. The predicted octanol–water partition coefficient (Wildman–Crippen LogP) is 5.00. The standard InChI is InChI=1S/C28H35N3O.ClH/c1-4-14-29(2)22-26-20-25-21-27(10-11-28(25)30(26)3)32-18-17-31-15-12-24(13-16-31)19-23-8-6-5-7-9-23;/h1,5-11,20-21,24H,12-19,22H2,2-3H3;1H. The lowest BCUT2D eigenvalue weighted by Crippen LogP contribution is -2.37. The van der Waals surface area contributed by atoms with Crippen LogP contribution in [0, 0.1) is 18.3 Å². The minimum Gasteiger partial charge on any atom is -0.492 e. The van der Waals surface area contributed by atoms with Crippen molar-refractivity contribution in [3.8, 4) is 18.1 Å². The number of aryl methyl sites for hydroxylation is 1. The van der Waals surface area contributed by atoms with Crippen LogP contribution < -0.4 is 4.74 Å². The molecule has 1 aliphatic rings. The van der Waals surface area contributed by atoms with Crippen LogP contribution >= 0.6 is 12.4 Å². The van der Waals surface area contributed by atoms with E-state index in [4.69, 9.17) is 11.2 Å². The number of benzene rings is 2. The van der Waals surface area contributed by atoms with Crippen LogP contribution in [0.25, 0.3) is 10.9 Å². The summed E-state index contributed by atoms with van der Waals surface area (Å²) in [4.78, 5) is 4.69. The Kier molecular flexibility index (Phi) is 9.26. The van der Waals surface area contributed by atoms with Gasteiger partial charge in [0.2, 0.25) is 0 Å². The normalized spacial score (nSPS) is 14.8. The lowest BCUT2D eigenvalue weighted by molar-refractivity contribution is 0.155. The van der Waals surface area contributed by atoms with Crippen LogP contribution in [-0.4, -0.2) is 54.2 Å². The molecule has 1 aromatic heterocycles. The number of aromatic nitrogens is 1. The average molecular weight is 466 g/mol. The number of ether oxygens (including phenoxy) is 1. The fourth-order valence-electron chi connectivity index (χ4n) is 4.77. The van der Waals surface area contributed by atoms with Crippen LogP contribution in [0.1, 0.15) is 24.1 Å². The molecule has 0 aliphatic carbocycles. The summed E-state index contributed by atoms with van der Waals surface area (Å²) in [6.07, 6.45) is 9.21. The highest BCUT2D eigenvalue weighted by molar-refractivity contribution is 5.85. The van der Waals surface area contributed by atoms with Gasteiger partial charge in [0.25, 0.3) is 0 Å². The van der Waals surface area contributed by atoms with Crippen molar-refractivity contribution in [2.75, 3.05) is 39.8 Å². The fraction of sp³-hybridized carbons (Fsp3) is 0.429. The lowest BCUT2D eigenvalue weighted by Gasteiger charge is -2.31. The Morgan fingerprint density at radius 1 is 1.09 bits per heavy atom. The number of rotatable bonds is 9. The molecule has 0 bridgehead atoms. The second-order valence-electron chi connectivity index (χ2n) is 9.11. The Labute approximate surface area is 204 Å². The van der Waals surface area contributed by atoms with Gasteiger partial charge in [-0.1, -0.05) is 36.3 Å². The first kappa shape index (κ1) is 25.2. The molecular weight excluding hydrogens is 430 g/mol. The number of halogens is 1. The smallest absolute Gasteiger partial charge is 0.120 e. The maximum absolute atomic E-state index is 6.12. The summed E-state index contributed by atoms with van der Waals surface area (Å²) < 4.78 is 8.36. The van der Waals surface area contributed by atoms with Gasteiger partial charge >= 0.3 is 0 Å². The number of fused-ring (bicyclic) bond motifs is 1. The number of hydrogen-bond donors (Lipinski definition) is 0. The number of terminal acetylenes is 1. The number of likely N-dealkylation sites (tertiary alicyclic amines) is 1. The van der Waals surface area contributed by atoms with Crippen LogP contribution in [0.15, 0.2) is 54.6 Å². The zero-order chi connectivity index (χ0) is 22.3. The molecule has 0 N–H and O–H groups in total. The number of piperidine rings is 1. The Hall–Kier alpha value is -2.45. The van der Waals surface area contributed by atoms with E-state index < -0.39 is 0 Å². The first-order chi connectivity index (χ1) is 15.6. The molecular formula is C28H36ClN3O. The minimum atomic E-state index is 0. The summed E-state index contributed by atoms with van der Waals surface area (Å²) in [5.74, 6) is 4.46. The highest BCUT2D eigenvalue weighted by atomic mass is 35.5. The molecule has 0 amide bonds. The third-order valence-electron chi connectivity index (χ3n) is 6.66. The van der Waals surface area contributed by atoms with Crippen LogP contribution in [-0.2, 0) is 20.0 Å². The molecule has 4 rings (SSSR count). The van der Waals surface area contributed by atoms with E-state index in [-0.39, 0.29) is 12.4 Å². The highest BCUT2D eigenvalue weighted by Gasteiger charge is 2.19. The molecule has 0 spiro atoms. The van der Waals surface area contributed by atoms with Gasteiger partial charge in [0, 0.05) is 36.7 Å². The van der Waals surface area contributed by atoms with E-state index in [1.54, 1.807) is 0 Å². The molecule has 4 nitrogen and oxygen atoms in total. The van der Waals surface area contributed by atoms with Crippen molar-refractivity contribution in [3.05, 3.63) is 65.9 Å². The topological polar surface area (TPSA) is 20.6 Å². The summed E-state index contributed by atoms with van der Waals surface area (Å²) in [5.41, 5.74) is 3.95. The molecule has 1 saturated heterocycles. The van der Waals surface area contributed by atoms with Crippen LogP contribution in [0.4, 0.5) is 0 Å². The van der Waals surface area contributed by atoms with Gasteiger partial charge < -0.3 is 9.30 Å². The zero-order valence-electron chi connectivity index (χ0n) is 19.9. The monoisotopic (exact) mass is 465 g/mol. The van der Waals surface area contributed by atoms with Gasteiger partial charge in [-0.3, -0.25) is 9.80 Å². The molecule has 0 atom stereocenters. The molecule has 1 fully saturated rings. The molecule has 0 radical (unpaired) electrons. The van der Waals surface area contributed by atoms with Crippen molar-refractivity contribution < 1.29 is 4.74 Å². The van der Waals surface area contributed by atoms with Crippen molar-refractivity contribution in [3.63, 3.8) is 0 Å². The molecule has 2 aromatic carbocycles. The first-order valence-corrected chi connectivity index (χ1v) is 11.7. The van der Waals surface area contributed by atoms with Crippen molar-refractivity contribution in [2.24, 2.45) is 13.0 Å². The van der Waals surface area contributed by atoms with E-state index in [1.807, 2.05) is 0 Å². The van der Waals surface area contributed by atoms with Crippen molar-refractivity contribution >= 4 is 23.3 Å². The summed E-state index contributed by atoms with van der Waals surface area (Å²) in [6.45, 7) is 5.57. The molecule has 176 valence electrons. The summed E-state index contributed by atoms with van der Waals surface area (Å²) in [6, 6.07) is 19.5. The molecule has 33 heavy (non-hydrogen) atoms. The number of nitrogens with zero attached hydrogens (tertiary/aromatic N) is 3. The summed E-state index contributed by atoms with van der Waals surface area (Å²) in [7, 11) is 4.17. The SMILES string of the molecule is C#CCN(C)Cc1cc2cc(OCCN3CCC(Cc4ccccc4)CC3)ccc2n1C.Cl. The zero-order valence-corrected chi connectivity index (χ0v) is 20.7. The Morgan fingerprint density at radius 2 is 1.85 bits per heavy atom. The van der Waals surface area contributed by atoms with Crippen LogP contribution in [0.5, 0.6) is 5.75 Å². The second kappa shape index (κ2) is 12.1. The van der Waals surface area contributed by atoms with E-state index in [9.17, 15) is 0 Å². The van der Waals surface area contributed by atoms with Gasteiger partial charge in [0.1, 0.15) is 12.4 Å². The fourth-order valence-corrected chi connectivity index (χ4v) is 4.77. The minimum absolute atomic E-state index is 0. The van der Waals surface area contributed by atoms with Gasteiger partial charge in [-0.25, -0.2) is 0 Å². The maximum atomic E-state index is 6.12. The van der Waals surface area contributed by atoms with Crippen molar-refractivity contribution in [2.45, 2.75) is 25.8 Å². The van der Waals surface area contributed by atoms with Crippen LogP contribution in [0.2, 0.25) is 0 Å². The summed E-state index contributed by atoms with van der Waals surface area (Å²) >= 11 is 0. The van der Waals surface area contributed by atoms with E-state index in [2.05, 4.69) is 89.0 Å². The quantitative estimate of drug-likeness (QED) is 0.415. The lowest BCUT2D eigenvalue weighted by atomic mass is 9.90. The van der Waals surface area contributed by atoms with Gasteiger partial charge in [0.05, 0.1) is 6.54 Å². The van der Waals surface area contributed by atoms with E-state index in [1.165, 1.54) is 54.5 Å². The van der Waals surface area contributed by atoms with E-state index in [0.717, 1.165) is 31.4 Å². The second-order valence-corrected chi connectivity index (χ2v) is 9.11. The third kappa shape index (κ3) is 6.77. The Morgan fingerprint density at radius 3 is 2.58 bits per heavy atom. The number of hydrogen-bond acceptors (Lipinski definition) is 3. The maximum Gasteiger partial charge on any atom is 0.120 e. The van der Waals surface area contributed by atoms with Gasteiger partial charge in [-0.15, -0.1) is 18.8 Å². The predicted molar refractivity (Wildman–Crippen MR) is 140 cm³/mol. The van der Waals surface area contributed by atoms with Crippen molar-refractivity contribution in [1.82, 2.24) is 14.4 Å². The third-order valence-corrected chi connectivity index (χ3v) is 6.66. The van der Waals surface area contributed by atoms with Gasteiger partial charge in [-0.05, 0) is 75.1 Å².